The van der Waals surface area contributed by atoms with Crippen LogP contribution in [0.5, 0.6) is 0 Å². The Balaban J connectivity index is 1.96. The average Bonchev–Trinajstić information content (AvgIpc) is 3.29. The number of hydrogen-bond donors (Lipinski definition) is 2. The second-order valence-corrected chi connectivity index (χ2v) is 6.39. The van der Waals surface area contributed by atoms with Crippen molar-refractivity contribution in [3.05, 3.63) is 34.9 Å². The van der Waals surface area contributed by atoms with E-state index in [0.717, 1.165) is 37.6 Å². The van der Waals surface area contributed by atoms with Crippen LogP contribution >= 0.6 is 11.6 Å². The number of benzene rings is 1. The lowest BCUT2D eigenvalue weighted by Crippen LogP contribution is -2.52. The fourth-order valence-corrected chi connectivity index (χ4v) is 3.67. The van der Waals surface area contributed by atoms with E-state index in [4.69, 9.17) is 11.6 Å². The van der Waals surface area contributed by atoms with Crippen LogP contribution in [-0.2, 0) is 5.54 Å². The average molecular weight is 295 g/mol. The second kappa shape index (κ2) is 6.02. The van der Waals surface area contributed by atoms with E-state index in [1.165, 1.54) is 18.4 Å². The zero-order valence-electron chi connectivity index (χ0n) is 11.8. The van der Waals surface area contributed by atoms with Gasteiger partial charge < -0.3 is 10.4 Å². The van der Waals surface area contributed by atoms with E-state index in [9.17, 15) is 5.11 Å². The first-order valence-electron chi connectivity index (χ1n) is 7.60. The highest BCUT2D eigenvalue weighted by atomic mass is 35.5. The lowest BCUT2D eigenvalue weighted by atomic mass is 9.83. The van der Waals surface area contributed by atoms with Crippen LogP contribution < -0.4 is 5.32 Å². The Kier molecular flexibility index (Phi) is 4.32. The summed E-state index contributed by atoms with van der Waals surface area (Å²) < 4.78 is 0. The van der Waals surface area contributed by atoms with E-state index in [1.807, 2.05) is 12.1 Å². The van der Waals surface area contributed by atoms with Gasteiger partial charge in [-0.3, -0.25) is 4.90 Å². The van der Waals surface area contributed by atoms with Gasteiger partial charge in [-0.05, 0) is 49.4 Å². The summed E-state index contributed by atoms with van der Waals surface area (Å²) in [5.74, 6) is 0.576. The van der Waals surface area contributed by atoms with E-state index in [-0.39, 0.29) is 12.1 Å². The maximum Gasteiger partial charge on any atom is 0.0723 e. The van der Waals surface area contributed by atoms with Crippen molar-refractivity contribution in [3.8, 4) is 0 Å². The fraction of sp³-hybridized carbons (Fsp3) is 0.625. The molecule has 3 nitrogen and oxygen atoms in total. The first-order chi connectivity index (χ1) is 9.77. The van der Waals surface area contributed by atoms with E-state index in [1.54, 1.807) is 0 Å². The van der Waals surface area contributed by atoms with Crippen molar-refractivity contribution in [1.82, 2.24) is 10.2 Å². The number of aliphatic hydroxyl groups excluding tert-OH is 1. The first kappa shape index (κ1) is 14.3. The Labute approximate surface area is 125 Å². The highest BCUT2D eigenvalue weighted by Gasteiger charge is 2.49. The molecule has 2 fully saturated rings. The third kappa shape index (κ3) is 2.60. The first-order valence-corrected chi connectivity index (χ1v) is 7.98. The number of halogens is 1. The number of hydrogen-bond acceptors (Lipinski definition) is 3. The molecular formula is C16H23ClN2O. The standard InChI is InChI=1S/C16H23ClN2O/c17-15-6-4-14(5-7-15)16(12-20,13-2-3-13)19-10-1-8-18-9-11-19/h4-7,13,18,20H,1-3,8-12H2. The van der Waals surface area contributed by atoms with Gasteiger partial charge in [0.1, 0.15) is 0 Å². The summed E-state index contributed by atoms with van der Waals surface area (Å²) in [7, 11) is 0. The van der Waals surface area contributed by atoms with Crippen molar-refractivity contribution >= 4 is 11.6 Å². The summed E-state index contributed by atoms with van der Waals surface area (Å²) in [5.41, 5.74) is 1.00. The zero-order chi connectivity index (χ0) is 14.0. The lowest BCUT2D eigenvalue weighted by molar-refractivity contribution is 0.0117. The summed E-state index contributed by atoms with van der Waals surface area (Å²) in [6.45, 7) is 4.32. The summed E-state index contributed by atoms with van der Waals surface area (Å²) in [6, 6.07) is 8.07. The molecule has 1 aromatic rings. The third-order valence-corrected chi connectivity index (χ3v) is 4.99. The molecule has 3 rings (SSSR count). The molecule has 1 aromatic carbocycles. The summed E-state index contributed by atoms with van der Waals surface area (Å²) in [6.07, 6.45) is 3.57. The molecular weight excluding hydrogens is 272 g/mol. The van der Waals surface area contributed by atoms with Crippen molar-refractivity contribution < 1.29 is 5.11 Å². The molecule has 110 valence electrons. The summed E-state index contributed by atoms with van der Waals surface area (Å²) in [4.78, 5) is 2.49. The molecule has 1 saturated carbocycles. The molecule has 1 atom stereocenters. The molecule has 1 unspecified atom stereocenters. The van der Waals surface area contributed by atoms with Crippen LogP contribution in [0.4, 0.5) is 0 Å². The molecule has 0 bridgehead atoms. The molecule has 20 heavy (non-hydrogen) atoms. The van der Waals surface area contributed by atoms with Gasteiger partial charge in [0.2, 0.25) is 0 Å². The minimum absolute atomic E-state index is 0.194. The van der Waals surface area contributed by atoms with Crippen LogP contribution in [0.2, 0.25) is 5.02 Å². The SMILES string of the molecule is OCC(c1ccc(Cl)cc1)(C1CC1)N1CCCNCC1. The normalized spacial score (nSPS) is 24.1. The van der Waals surface area contributed by atoms with Gasteiger partial charge in [0, 0.05) is 24.7 Å². The molecule has 0 aromatic heterocycles. The Hall–Kier alpha value is -0.610. The predicted octanol–water partition coefficient (Wildman–Crippen LogP) is 2.23. The molecule has 0 radical (unpaired) electrons. The van der Waals surface area contributed by atoms with Crippen molar-refractivity contribution in [1.29, 1.82) is 0 Å². The monoisotopic (exact) mass is 294 g/mol. The van der Waals surface area contributed by atoms with Gasteiger partial charge in [-0.15, -0.1) is 0 Å². The molecule has 4 heteroatoms. The number of aliphatic hydroxyl groups is 1. The number of rotatable bonds is 4. The van der Waals surface area contributed by atoms with Crippen LogP contribution in [0.25, 0.3) is 0 Å². The molecule has 1 aliphatic heterocycles. The quantitative estimate of drug-likeness (QED) is 0.894. The Morgan fingerprint density at radius 2 is 1.95 bits per heavy atom. The van der Waals surface area contributed by atoms with E-state index in [0.29, 0.717) is 5.92 Å². The highest BCUT2D eigenvalue weighted by Crippen LogP contribution is 2.49. The largest absolute Gasteiger partial charge is 0.394 e. The maximum atomic E-state index is 10.3. The van der Waals surface area contributed by atoms with Crippen molar-refractivity contribution in [2.45, 2.75) is 24.8 Å². The second-order valence-electron chi connectivity index (χ2n) is 5.95. The van der Waals surface area contributed by atoms with Crippen LogP contribution in [-0.4, -0.2) is 42.8 Å². The molecule has 2 aliphatic rings. The van der Waals surface area contributed by atoms with Gasteiger partial charge >= 0.3 is 0 Å². The van der Waals surface area contributed by atoms with E-state index < -0.39 is 0 Å². The smallest absolute Gasteiger partial charge is 0.0723 e. The fourth-order valence-electron chi connectivity index (χ4n) is 3.54. The van der Waals surface area contributed by atoms with Crippen LogP contribution in [0.3, 0.4) is 0 Å². The van der Waals surface area contributed by atoms with Crippen molar-refractivity contribution in [2.75, 3.05) is 32.8 Å². The van der Waals surface area contributed by atoms with Crippen LogP contribution in [0.1, 0.15) is 24.8 Å². The molecule has 1 heterocycles. The Morgan fingerprint density at radius 1 is 1.20 bits per heavy atom. The van der Waals surface area contributed by atoms with Gasteiger partial charge in [-0.2, -0.15) is 0 Å². The Bertz CT molecular complexity index is 438. The summed E-state index contributed by atoms with van der Waals surface area (Å²) >= 11 is 6.03. The molecule has 0 amide bonds. The lowest BCUT2D eigenvalue weighted by Gasteiger charge is -2.43. The van der Waals surface area contributed by atoms with Crippen LogP contribution in [0.15, 0.2) is 24.3 Å². The van der Waals surface area contributed by atoms with Gasteiger partial charge in [0.05, 0.1) is 12.1 Å². The van der Waals surface area contributed by atoms with Gasteiger partial charge in [0.25, 0.3) is 0 Å². The topological polar surface area (TPSA) is 35.5 Å². The van der Waals surface area contributed by atoms with Crippen molar-refractivity contribution in [2.24, 2.45) is 5.92 Å². The third-order valence-electron chi connectivity index (χ3n) is 4.74. The minimum Gasteiger partial charge on any atom is -0.394 e. The number of nitrogens with zero attached hydrogens (tertiary/aromatic N) is 1. The predicted molar refractivity (Wildman–Crippen MR) is 82.0 cm³/mol. The molecule has 1 aliphatic carbocycles. The van der Waals surface area contributed by atoms with E-state index >= 15 is 0 Å². The molecule has 0 spiro atoms. The van der Waals surface area contributed by atoms with Crippen LogP contribution in [0, 0.1) is 5.92 Å². The van der Waals surface area contributed by atoms with Gasteiger partial charge in [0.15, 0.2) is 0 Å². The molecule has 2 N–H and O–H groups in total. The van der Waals surface area contributed by atoms with Gasteiger partial charge in [-0.1, -0.05) is 23.7 Å². The Morgan fingerprint density at radius 3 is 2.60 bits per heavy atom. The van der Waals surface area contributed by atoms with E-state index in [2.05, 4.69) is 22.3 Å². The number of nitrogens with one attached hydrogen (secondary N) is 1. The zero-order valence-corrected chi connectivity index (χ0v) is 12.6. The minimum atomic E-state index is -0.212. The highest BCUT2D eigenvalue weighted by molar-refractivity contribution is 6.30. The summed E-state index contributed by atoms with van der Waals surface area (Å²) in [5, 5.41) is 14.5. The molecule has 1 saturated heterocycles. The maximum absolute atomic E-state index is 10.3. The van der Waals surface area contributed by atoms with Gasteiger partial charge in [-0.25, -0.2) is 0 Å². The van der Waals surface area contributed by atoms with Crippen molar-refractivity contribution in [3.63, 3.8) is 0 Å².